The Kier molecular flexibility index (Phi) is 5.02. The van der Waals surface area contributed by atoms with Gasteiger partial charge in [-0.3, -0.25) is 4.79 Å². The first kappa shape index (κ1) is 12.8. The van der Waals surface area contributed by atoms with Crippen LogP contribution in [0.25, 0.3) is 0 Å². The summed E-state index contributed by atoms with van der Waals surface area (Å²) < 4.78 is 36.7. The van der Waals surface area contributed by atoms with Crippen LogP contribution < -0.4 is 5.32 Å². The van der Waals surface area contributed by atoms with Gasteiger partial charge in [-0.05, 0) is 6.42 Å². The molecule has 80 valence electrons. The van der Waals surface area contributed by atoms with Crippen molar-refractivity contribution in [2.45, 2.75) is 32.0 Å². The first-order valence-electron chi connectivity index (χ1n) is 4.14. The van der Waals surface area contributed by atoms with E-state index in [2.05, 4.69) is 12.3 Å². The van der Waals surface area contributed by atoms with Gasteiger partial charge in [0.05, 0.1) is 0 Å². The summed E-state index contributed by atoms with van der Waals surface area (Å²) in [5.74, 6) is -0.823. The van der Waals surface area contributed by atoms with Gasteiger partial charge in [0.25, 0.3) is 5.91 Å². The van der Waals surface area contributed by atoms with E-state index in [1.54, 1.807) is 6.92 Å². The molecule has 14 heavy (non-hydrogen) atoms. The Bertz CT molecular complexity index is 241. The lowest BCUT2D eigenvalue weighted by molar-refractivity contribution is -0.161. The molecule has 0 aromatic carbocycles. The number of carbonyl (C=O) groups is 1. The van der Waals surface area contributed by atoms with Gasteiger partial charge in [-0.2, -0.15) is 13.2 Å². The van der Waals surface area contributed by atoms with Crippen LogP contribution in [0.3, 0.4) is 0 Å². The van der Waals surface area contributed by atoms with Crippen molar-refractivity contribution in [2.24, 2.45) is 0 Å². The smallest absolute Gasteiger partial charge is 0.340 e. The van der Waals surface area contributed by atoms with Crippen LogP contribution in [0.5, 0.6) is 0 Å². The lowest BCUT2D eigenvalue weighted by atomic mass is 10.1. The van der Waals surface area contributed by atoms with Gasteiger partial charge >= 0.3 is 6.18 Å². The molecule has 1 N–H and O–H groups in total. The van der Waals surface area contributed by atoms with Gasteiger partial charge in [0.2, 0.25) is 0 Å². The number of hydrogen-bond acceptors (Lipinski definition) is 1. The highest BCUT2D eigenvalue weighted by Gasteiger charge is 2.39. The van der Waals surface area contributed by atoms with Crippen LogP contribution in [0.4, 0.5) is 13.2 Å². The number of nitrogens with one attached hydrogen (secondary N) is 1. The van der Waals surface area contributed by atoms with Crippen LogP contribution in [0.2, 0.25) is 0 Å². The number of hydrogen-bond donors (Lipinski definition) is 1. The largest absolute Gasteiger partial charge is 0.408 e. The molecule has 0 bridgehead atoms. The molecule has 0 aliphatic heterocycles. The van der Waals surface area contributed by atoms with E-state index in [1.165, 1.54) is 0 Å². The highest BCUT2D eigenvalue weighted by Crippen LogP contribution is 2.23. The zero-order chi connectivity index (χ0) is 11.2. The Morgan fingerprint density at radius 3 is 2.57 bits per heavy atom. The monoisotopic (exact) mass is 207 g/mol. The highest BCUT2D eigenvalue weighted by molar-refractivity contribution is 5.87. The molecule has 0 saturated heterocycles. The van der Waals surface area contributed by atoms with E-state index < -0.39 is 18.1 Å². The van der Waals surface area contributed by atoms with E-state index in [0.29, 0.717) is 6.42 Å². The zero-order valence-electron chi connectivity index (χ0n) is 7.82. The van der Waals surface area contributed by atoms with Gasteiger partial charge < -0.3 is 5.32 Å². The molecule has 1 atom stereocenters. The molecular formula is C9H12F3NO. The molecule has 0 aromatic rings. The van der Waals surface area contributed by atoms with Crippen molar-refractivity contribution in [1.82, 2.24) is 5.32 Å². The lowest BCUT2D eigenvalue weighted by Crippen LogP contribution is -2.44. The van der Waals surface area contributed by atoms with E-state index in [4.69, 9.17) is 0 Å². The van der Waals surface area contributed by atoms with E-state index in [1.807, 2.05) is 5.32 Å². The number of amides is 1. The Balaban J connectivity index is 4.37. The van der Waals surface area contributed by atoms with Crippen molar-refractivity contribution >= 4 is 5.91 Å². The SMILES string of the molecule is C=C=CC(=O)N[C@@H](CCC)C(F)(F)F. The molecular weight excluding hydrogens is 195 g/mol. The van der Waals surface area contributed by atoms with E-state index in [-0.39, 0.29) is 6.42 Å². The van der Waals surface area contributed by atoms with Crippen LogP contribution in [-0.2, 0) is 4.79 Å². The van der Waals surface area contributed by atoms with E-state index >= 15 is 0 Å². The molecule has 1 amide bonds. The predicted octanol–water partition coefficient (Wildman–Crippen LogP) is 2.17. The highest BCUT2D eigenvalue weighted by atomic mass is 19.4. The van der Waals surface area contributed by atoms with Gasteiger partial charge in [-0.15, -0.1) is 5.73 Å². The molecule has 0 aromatic heterocycles. The molecule has 0 aliphatic carbocycles. The Morgan fingerprint density at radius 2 is 2.21 bits per heavy atom. The molecule has 0 saturated carbocycles. The molecule has 0 unspecified atom stereocenters. The Morgan fingerprint density at radius 1 is 1.64 bits per heavy atom. The third-order valence-electron chi connectivity index (χ3n) is 1.52. The van der Waals surface area contributed by atoms with E-state index in [9.17, 15) is 18.0 Å². The van der Waals surface area contributed by atoms with Crippen molar-refractivity contribution < 1.29 is 18.0 Å². The average molecular weight is 207 g/mol. The molecule has 0 heterocycles. The van der Waals surface area contributed by atoms with Crippen LogP contribution in [0, 0.1) is 0 Å². The van der Waals surface area contributed by atoms with Crippen molar-refractivity contribution in [3.8, 4) is 0 Å². The van der Waals surface area contributed by atoms with Gasteiger partial charge in [0, 0.05) is 6.08 Å². The molecule has 0 rings (SSSR count). The second kappa shape index (κ2) is 5.50. The second-order valence-electron chi connectivity index (χ2n) is 2.74. The number of carbonyl (C=O) groups excluding carboxylic acids is 1. The zero-order valence-corrected chi connectivity index (χ0v) is 7.82. The first-order valence-corrected chi connectivity index (χ1v) is 4.14. The van der Waals surface area contributed by atoms with Crippen LogP contribution in [0.1, 0.15) is 19.8 Å². The quantitative estimate of drug-likeness (QED) is 0.555. The second-order valence-corrected chi connectivity index (χ2v) is 2.74. The minimum atomic E-state index is -4.40. The fourth-order valence-electron chi connectivity index (χ4n) is 0.912. The summed E-state index contributed by atoms with van der Waals surface area (Å²) in [7, 11) is 0. The van der Waals surface area contributed by atoms with Crippen LogP contribution in [-0.4, -0.2) is 18.1 Å². The van der Waals surface area contributed by atoms with Crippen molar-refractivity contribution in [1.29, 1.82) is 0 Å². The average Bonchev–Trinajstić information content (AvgIpc) is 2.02. The summed E-state index contributed by atoms with van der Waals surface area (Å²) in [5, 5.41) is 1.84. The summed E-state index contributed by atoms with van der Waals surface area (Å²) >= 11 is 0. The van der Waals surface area contributed by atoms with Crippen molar-refractivity contribution in [3.05, 3.63) is 18.4 Å². The van der Waals surface area contributed by atoms with Gasteiger partial charge in [0.15, 0.2) is 0 Å². The van der Waals surface area contributed by atoms with E-state index in [0.717, 1.165) is 6.08 Å². The lowest BCUT2D eigenvalue weighted by Gasteiger charge is -2.19. The number of rotatable bonds is 4. The minimum absolute atomic E-state index is 0.125. The summed E-state index contributed by atoms with van der Waals surface area (Å²) in [6.45, 7) is 4.71. The maximum Gasteiger partial charge on any atom is 0.408 e. The van der Waals surface area contributed by atoms with Crippen LogP contribution in [0.15, 0.2) is 18.4 Å². The summed E-state index contributed by atoms with van der Waals surface area (Å²) in [5.41, 5.74) is 2.11. The maximum atomic E-state index is 12.2. The first-order chi connectivity index (χ1) is 6.41. The van der Waals surface area contributed by atoms with Gasteiger partial charge in [0.1, 0.15) is 6.04 Å². The summed E-state index contributed by atoms with van der Waals surface area (Å²) in [6, 6.07) is -1.79. The van der Waals surface area contributed by atoms with Crippen molar-refractivity contribution in [2.75, 3.05) is 0 Å². The number of alkyl halides is 3. The number of halogens is 3. The molecule has 2 nitrogen and oxygen atoms in total. The molecule has 0 aliphatic rings. The Hall–Kier alpha value is -1.22. The molecule has 0 fully saturated rings. The predicted molar refractivity (Wildman–Crippen MR) is 46.6 cm³/mol. The normalized spacial score (nSPS) is 12.9. The Labute approximate surface area is 80.5 Å². The molecule has 0 spiro atoms. The third-order valence-corrected chi connectivity index (χ3v) is 1.52. The van der Waals surface area contributed by atoms with Crippen LogP contribution >= 0.6 is 0 Å². The fraction of sp³-hybridized carbons (Fsp3) is 0.556. The summed E-state index contributed by atoms with van der Waals surface area (Å²) in [6.07, 6.45) is -3.34. The maximum absolute atomic E-state index is 12.2. The standard InChI is InChI=1S/C9H12F3NO/c1-3-5-7(9(10,11)12)13-8(14)6-4-2/h6-7H,2-3,5H2,1H3,(H,13,14)/t7-/m0/s1. The molecule has 5 heteroatoms. The van der Waals surface area contributed by atoms with Gasteiger partial charge in [-0.25, -0.2) is 0 Å². The molecule has 0 radical (unpaired) electrons. The fourth-order valence-corrected chi connectivity index (χ4v) is 0.912. The summed E-state index contributed by atoms with van der Waals surface area (Å²) in [4.78, 5) is 10.8. The topological polar surface area (TPSA) is 29.1 Å². The van der Waals surface area contributed by atoms with Gasteiger partial charge in [-0.1, -0.05) is 19.9 Å². The third kappa shape index (κ3) is 4.72. The minimum Gasteiger partial charge on any atom is -0.340 e. The van der Waals surface area contributed by atoms with Crippen molar-refractivity contribution in [3.63, 3.8) is 0 Å².